The van der Waals surface area contributed by atoms with Crippen molar-refractivity contribution in [2.75, 3.05) is 18.0 Å². The Morgan fingerprint density at radius 1 is 1.08 bits per heavy atom. The van der Waals surface area contributed by atoms with Gasteiger partial charge >= 0.3 is 12.2 Å². The molecule has 0 fully saturated rings. The molecule has 0 radical (unpaired) electrons. The van der Waals surface area contributed by atoms with Gasteiger partial charge < -0.3 is 14.8 Å². The zero-order valence-electron chi connectivity index (χ0n) is 15.3. The van der Waals surface area contributed by atoms with Crippen LogP contribution < -0.4 is 10.2 Å². The van der Waals surface area contributed by atoms with Gasteiger partial charge in [-0.05, 0) is 53.7 Å². The fourth-order valence-electron chi connectivity index (χ4n) is 1.71. The number of rotatable bonds is 4. The van der Waals surface area contributed by atoms with Crippen LogP contribution in [0.5, 0.6) is 0 Å². The number of pyridine rings is 1. The third kappa shape index (κ3) is 7.80. The number of alkyl carbamates (subject to hydrolysis) is 1. The Morgan fingerprint density at radius 3 is 2.21 bits per heavy atom. The Labute approximate surface area is 143 Å². The highest BCUT2D eigenvalue weighted by atomic mass is 16.6. The highest BCUT2D eigenvalue weighted by molar-refractivity contribution is 5.86. The van der Waals surface area contributed by atoms with Crippen molar-refractivity contribution in [3.63, 3.8) is 0 Å². The molecular weight excluding hydrogens is 310 g/mol. The van der Waals surface area contributed by atoms with Crippen LogP contribution in [0.15, 0.2) is 24.4 Å². The second-order valence-corrected chi connectivity index (χ2v) is 7.25. The van der Waals surface area contributed by atoms with Crippen LogP contribution >= 0.6 is 0 Å². The first kappa shape index (κ1) is 19.7. The summed E-state index contributed by atoms with van der Waals surface area (Å²) in [6.07, 6.45) is 0.536. The third-order valence-electron chi connectivity index (χ3n) is 2.54. The average Bonchev–Trinajstić information content (AvgIpc) is 2.40. The summed E-state index contributed by atoms with van der Waals surface area (Å²) in [5.41, 5.74) is -1.20. The first-order chi connectivity index (χ1) is 11.0. The lowest BCUT2D eigenvalue weighted by Crippen LogP contribution is -2.43. The monoisotopic (exact) mass is 337 g/mol. The molecule has 1 aromatic heterocycles. The number of aromatic nitrogens is 1. The summed E-state index contributed by atoms with van der Waals surface area (Å²) in [7, 11) is 0. The summed E-state index contributed by atoms with van der Waals surface area (Å²) in [4.78, 5) is 29.6. The minimum absolute atomic E-state index is 0.213. The van der Waals surface area contributed by atoms with Gasteiger partial charge in [-0.1, -0.05) is 6.07 Å². The fraction of sp³-hybridized carbons (Fsp3) is 0.588. The van der Waals surface area contributed by atoms with E-state index >= 15 is 0 Å². The van der Waals surface area contributed by atoms with Gasteiger partial charge in [0.1, 0.15) is 17.0 Å². The van der Waals surface area contributed by atoms with Gasteiger partial charge in [-0.2, -0.15) is 0 Å². The van der Waals surface area contributed by atoms with E-state index in [9.17, 15) is 9.59 Å². The third-order valence-corrected chi connectivity index (χ3v) is 2.54. The second-order valence-electron chi connectivity index (χ2n) is 7.25. The lowest BCUT2D eigenvalue weighted by atomic mass is 10.2. The van der Waals surface area contributed by atoms with Crippen LogP contribution in [0.2, 0.25) is 0 Å². The molecule has 0 aromatic carbocycles. The number of carbonyl (C=O) groups is 2. The SMILES string of the molecule is CC(C)(C)OC(=O)NCCN(C(=O)OC(C)(C)C)c1ccccn1. The first-order valence-corrected chi connectivity index (χ1v) is 7.86. The zero-order valence-corrected chi connectivity index (χ0v) is 15.3. The average molecular weight is 337 g/mol. The molecule has 1 N–H and O–H groups in total. The standard InChI is InChI=1S/C17H27N3O4/c1-16(2,3)23-14(21)19-11-12-20(13-9-7-8-10-18-13)15(22)24-17(4,5)6/h7-10H,11-12H2,1-6H3,(H,19,21). The predicted molar refractivity (Wildman–Crippen MR) is 92.1 cm³/mol. The number of anilines is 1. The summed E-state index contributed by atoms with van der Waals surface area (Å²) in [6, 6.07) is 5.24. The molecule has 0 aliphatic heterocycles. The van der Waals surface area contributed by atoms with E-state index < -0.39 is 23.4 Å². The molecule has 7 heteroatoms. The molecule has 0 spiro atoms. The first-order valence-electron chi connectivity index (χ1n) is 7.86. The molecule has 0 aliphatic rings. The number of hydrogen-bond acceptors (Lipinski definition) is 5. The number of nitrogens with one attached hydrogen (secondary N) is 1. The van der Waals surface area contributed by atoms with Crippen LogP contribution in [-0.4, -0.2) is 41.5 Å². The smallest absolute Gasteiger partial charge is 0.416 e. The Morgan fingerprint density at radius 2 is 1.71 bits per heavy atom. The highest BCUT2D eigenvalue weighted by Crippen LogP contribution is 2.15. The molecule has 0 saturated heterocycles. The van der Waals surface area contributed by atoms with E-state index in [1.165, 1.54) is 4.90 Å². The van der Waals surface area contributed by atoms with Crippen LogP contribution in [0.3, 0.4) is 0 Å². The molecule has 1 heterocycles. The van der Waals surface area contributed by atoms with Crippen molar-refractivity contribution >= 4 is 18.0 Å². The summed E-state index contributed by atoms with van der Waals surface area (Å²) < 4.78 is 10.6. The molecule has 134 valence electrons. The van der Waals surface area contributed by atoms with Gasteiger partial charge in [0.15, 0.2) is 0 Å². The molecule has 0 unspecified atom stereocenters. The molecule has 24 heavy (non-hydrogen) atoms. The van der Waals surface area contributed by atoms with Crippen molar-refractivity contribution < 1.29 is 19.1 Å². The minimum Gasteiger partial charge on any atom is -0.444 e. The van der Waals surface area contributed by atoms with Crippen molar-refractivity contribution in [1.82, 2.24) is 10.3 Å². The summed E-state index contributed by atoms with van der Waals surface area (Å²) in [6.45, 7) is 11.2. The molecular formula is C17H27N3O4. The molecule has 1 rings (SSSR count). The van der Waals surface area contributed by atoms with Crippen molar-refractivity contribution in [3.05, 3.63) is 24.4 Å². The van der Waals surface area contributed by atoms with Gasteiger partial charge in [-0.25, -0.2) is 14.6 Å². The number of nitrogens with zero attached hydrogens (tertiary/aromatic N) is 2. The van der Waals surface area contributed by atoms with Crippen molar-refractivity contribution in [2.24, 2.45) is 0 Å². The van der Waals surface area contributed by atoms with Gasteiger partial charge in [-0.3, -0.25) is 4.90 Å². The zero-order chi connectivity index (χ0) is 18.4. The van der Waals surface area contributed by atoms with Crippen LogP contribution in [-0.2, 0) is 9.47 Å². The molecule has 0 bridgehead atoms. The van der Waals surface area contributed by atoms with Gasteiger partial charge in [0, 0.05) is 19.3 Å². The van der Waals surface area contributed by atoms with Crippen LogP contribution in [0.4, 0.5) is 15.4 Å². The second kappa shape index (κ2) is 7.99. The Bertz CT molecular complexity index is 547. The van der Waals surface area contributed by atoms with E-state index in [4.69, 9.17) is 9.47 Å². The van der Waals surface area contributed by atoms with Crippen LogP contribution in [0.1, 0.15) is 41.5 Å². The van der Waals surface area contributed by atoms with Crippen molar-refractivity contribution in [1.29, 1.82) is 0 Å². The summed E-state index contributed by atoms with van der Waals surface area (Å²) >= 11 is 0. The lowest BCUT2D eigenvalue weighted by molar-refractivity contribution is 0.0512. The van der Waals surface area contributed by atoms with E-state index in [0.29, 0.717) is 5.82 Å². The Kier molecular flexibility index (Phi) is 6.57. The maximum absolute atomic E-state index is 12.4. The van der Waals surface area contributed by atoms with E-state index in [2.05, 4.69) is 10.3 Å². The van der Waals surface area contributed by atoms with Gasteiger partial charge in [0.2, 0.25) is 0 Å². The molecule has 7 nitrogen and oxygen atoms in total. The van der Waals surface area contributed by atoms with Gasteiger partial charge in [-0.15, -0.1) is 0 Å². The highest BCUT2D eigenvalue weighted by Gasteiger charge is 2.24. The number of amides is 2. The molecule has 2 amide bonds. The predicted octanol–water partition coefficient (Wildman–Crippen LogP) is 3.35. The number of carbonyl (C=O) groups excluding carboxylic acids is 2. The van der Waals surface area contributed by atoms with Crippen LogP contribution in [0, 0.1) is 0 Å². The minimum atomic E-state index is -0.622. The summed E-state index contributed by atoms with van der Waals surface area (Å²) in [5, 5.41) is 2.62. The maximum Gasteiger partial charge on any atom is 0.416 e. The topological polar surface area (TPSA) is 80.8 Å². The van der Waals surface area contributed by atoms with Gasteiger partial charge in [0.25, 0.3) is 0 Å². The molecule has 0 saturated carbocycles. The maximum atomic E-state index is 12.4. The van der Waals surface area contributed by atoms with Crippen molar-refractivity contribution in [2.45, 2.75) is 52.7 Å². The molecule has 0 atom stereocenters. The Balaban J connectivity index is 2.70. The quantitative estimate of drug-likeness (QED) is 0.911. The van der Waals surface area contributed by atoms with Crippen molar-refractivity contribution in [3.8, 4) is 0 Å². The van der Waals surface area contributed by atoms with E-state index in [0.717, 1.165) is 0 Å². The van der Waals surface area contributed by atoms with E-state index in [1.807, 2.05) is 0 Å². The largest absolute Gasteiger partial charge is 0.444 e. The van der Waals surface area contributed by atoms with E-state index in [-0.39, 0.29) is 13.1 Å². The fourth-order valence-corrected chi connectivity index (χ4v) is 1.71. The normalized spacial score (nSPS) is 11.6. The molecule has 0 aliphatic carbocycles. The molecule has 1 aromatic rings. The van der Waals surface area contributed by atoms with Crippen LogP contribution in [0.25, 0.3) is 0 Å². The number of ether oxygens (including phenoxy) is 2. The summed E-state index contributed by atoms with van der Waals surface area (Å²) in [5.74, 6) is 0.456. The van der Waals surface area contributed by atoms with Gasteiger partial charge in [0.05, 0.1) is 0 Å². The Hall–Kier alpha value is -2.31. The number of hydrogen-bond donors (Lipinski definition) is 1. The van der Waals surface area contributed by atoms with E-state index in [1.54, 1.807) is 65.9 Å². The lowest BCUT2D eigenvalue weighted by Gasteiger charge is -2.27.